The molecule has 0 saturated carbocycles. The van der Waals surface area contributed by atoms with Crippen LogP contribution in [-0.4, -0.2) is 76.8 Å². The first-order valence-corrected chi connectivity index (χ1v) is 9.82. The smallest absolute Gasteiger partial charge is 0.344 e. The first-order chi connectivity index (χ1) is 13.0. The number of thiazole rings is 1. The molecule has 16 heteroatoms. The van der Waals surface area contributed by atoms with E-state index < -0.39 is 52.5 Å². The van der Waals surface area contributed by atoms with Crippen molar-refractivity contribution in [3.8, 4) is 0 Å². The molecule has 1 aliphatic heterocycles. The minimum Gasteiger partial charge on any atom is -0.479 e. The average Bonchev–Trinajstić information content (AvgIpc) is 3.01. The van der Waals surface area contributed by atoms with Gasteiger partial charge in [-0.1, -0.05) is 5.16 Å². The van der Waals surface area contributed by atoms with Gasteiger partial charge >= 0.3 is 5.97 Å². The van der Waals surface area contributed by atoms with Crippen molar-refractivity contribution in [2.45, 2.75) is 19.0 Å². The monoisotopic (exact) mass is 437 g/mol. The van der Waals surface area contributed by atoms with Crippen LogP contribution in [0.4, 0.5) is 10.9 Å². The first-order valence-electron chi connectivity index (χ1n) is 7.33. The molecule has 1 saturated heterocycles. The molecular weight excluding hydrogens is 422 g/mol. The largest absolute Gasteiger partial charge is 0.479 e. The molecule has 28 heavy (non-hydrogen) atoms. The molecule has 2 rings (SSSR count). The number of carbonyl (C=O) groups excluding carboxylic acids is 2. The van der Waals surface area contributed by atoms with Crippen LogP contribution in [0.5, 0.6) is 0 Å². The minimum absolute atomic E-state index is 0.0248. The number of β-lactam (4-membered cyclic amide) rings is 1. The normalized spacial score (nSPS) is 19.5. The third-order valence-electron chi connectivity index (χ3n) is 3.34. The number of aliphatic carboxylic acids is 1. The minimum atomic E-state index is -4.48. The summed E-state index contributed by atoms with van der Waals surface area (Å²) in [4.78, 5) is 49.2. The van der Waals surface area contributed by atoms with E-state index in [1.807, 2.05) is 0 Å². The van der Waals surface area contributed by atoms with E-state index in [-0.39, 0.29) is 10.9 Å². The molecule has 0 radical (unpaired) electrons. The van der Waals surface area contributed by atoms with Gasteiger partial charge in [0.05, 0.1) is 6.04 Å². The van der Waals surface area contributed by atoms with Gasteiger partial charge in [-0.05, 0) is 6.92 Å². The number of hydroxylamine groups is 2. The molecule has 1 fully saturated rings. The van der Waals surface area contributed by atoms with Gasteiger partial charge in [0.15, 0.2) is 5.13 Å². The Balaban J connectivity index is 2.18. The van der Waals surface area contributed by atoms with Crippen molar-refractivity contribution in [3.05, 3.63) is 5.38 Å². The molecule has 1 aromatic heterocycles. The predicted molar refractivity (Wildman–Crippen MR) is 93.7 cm³/mol. The van der Waals surface area contributed by atoms with Gasteiger partial charge in [-0.25, -0.2) is 14.8 Å². The number of nitrogens with zero attached hydrogens (tertiary/aromatic N) is 4. The number of anilines is 2. The van der Waals surface area contributed by atoms with Crippen molar-refractivity contribution >= 4 is 56.4 Å². The van der Waals surface area contributed by atoms with Gasteiger partial charge in [-0.2, -0.15) is 8.42 Å². The summed E-state index contributed by atoms with van der Waals surface area (Å²) in [5, 5.41) is 13.9. The summed E-state index contributed by atoms with van der Waals surface area (Å²) in [6, 6.07) is -1.95. The second-order valence-electron chi connectivity index (χ2n) is 5.33. The van der Waals surface area contributed by atoms with Crippen LogP contribution in [0.25, 0.3) is 0 Å². The summed E-state index contributed by atoms with van der Waals surface area (Å²) in [5.41, 5.74) is 5.55. The van der Waals surface area contributed by atoms with Crippen LogP contribution in [0.15, 0.2) is 10.5 Å². The molecule has 154 valence electrons. The highest BCUT2D eigenvalue weighted by Crippen LogP contribution is 2.31. The van der Waals surface area contributed by atoms with E-state index in [1.165, 1.54) is 12.3 Å². The summed E-state index contributed by atoms with van der Waals surface area (Å²) >= 11 is 1.00. The molecule has 2 amide bonds. The van der Waals surface area contributed by atoms with E-state index in [2.05, 4.69) is 15.0 Å². The molecular formula is C12H15N5O9S2. The Kier molecular flexibility index (Phi) is 6.49. The van der Waals surface area contributed by atoms with Crippen molar-refractivity contribution in [3.63, 3.8) is 0 Å². The average molecular weight is 437 g/mol. The van der Waals surface area contributed by atoms with Crippen molar-refractivity contribution in [2.75, 3.05) is 23.2 Å². The number of rotatable bonds is 9. The Hall–Kier alpha value is -2.82. The third kappa shape index (κ3) is 5.12. The van der Waals surface area contributed by atoms with Crippen molar-refractivity contribution in [1.82, 2.24) is 10.0 Å². The van der Waals surface area contributed by atoms with Gasteiger partial charge in [0.2, 0.25) is 12.5 Å². The predicted octanol–water partition coefficient (Wildman–Crippen LogP) is -1.48. The SMILES string of the molecule is C[C@@H]1[C@H](N(C(=O)C=NOCC(=O)O)c2csc(N)n2)C(=O)N1OCS(=O)(=O)O. The van der Waals surface area contributed by atoms with Gasteiger partial charge in [-0.3, -0.25) is 23.9 Å². The van der Waals surface area contributed by atoms with Crippen LogP contribution in [0.1, 0.15) is 6.92 Å². The highest BCUT2D eigenvalue weighted by Gasteiger charge is 2.52. The topological polar surface area (TPSA) is 202 Å². The maximum Gasteiger partial charge on any atom is 0.344 e. The van der Waals surface area contributed by atoms with Crippen LogP contribution in [0.3, 0.4) is 0 Å². The zero-order valence-electron chi connectivity index (χ0n) is 14.2. The Morgan fingerprint density at radius 1 is 1.54 bits per heavy atom. The van der Waals surface area contributed by atoms with Crippen LogP contribution in [-0.2, 0) is 34.2 Å². The lowest BCUT2D eigenvalue weighted by molar-refractivity contribution is -0.222. The number of nitrogen functional groups attached to an aromatic ring is 1. The summed E-state index contributed by atoms with van der Waals surface area (Å²) in [6.07, 6.45) is 0.653. The third-order valence-corrected chi connectivity index (χ3v) is 4.40. The van der Waals surface area contributed by atoms with Crippen LogP contribution in [0.2, 0.25) is 0 Å². The van der Waals surface area contributed by atoms with E-state index in [9.17, 15) is 22.8 Å². The molecule has 0 aromatic carbocycles. The molecule has 1 aromatic rings. The van der Waals surface area contributed by atoms with E-state index in [0.717, 1.165) is 16.2 Å². The van der Waals surface area contributed by atoms with Gasteiger partial charge in [0.1, 0.15) is 18.1 Å². The Morgan fingerprint density at radius 2 is 2.21 bits per heavy atom. The van der Waals surface area contributed by atoms with Crippen LogP contribution >= 0.6 is 11.3 Å². The number of carbonyl (C=O) groups is 3. The quantitative estimate of drug-likeness (QED) is 0.176. The molecule has 14 nitrogen and oxygen atoms in total. The molecule has 1 aliphatic rings. The number of hydrogen-bond donors (Lipinski definition) is 3. The lowest BCUT2D eigenvalue weighted by atomic mass is 9.98. The number of oxime groups is 1. The second kappa shape index (κ2) is 8.46. The van der Waals surface area contributed by atoms with Crippen molar-refractivity contribution < 1.29 is 42.1 Å². The fraction of sp³-hybridized carbons (Fsp3) is 0.417. The molecule has 2 atom stereocenters. The van der Waals surface area contributed by atoms with E-state index in [4.69, 9.17) is 20.2 Å². The molecule has 0 bridgehead atoms. The summed E-state index contributed by atoms with van der Waals surface area (Å²) < 4.78 is 30.2. The van der Waals surface area contributed by atoms with Gasteiger partial charge in [-0.15, -0.1) is 11.3 Å². The fourth-order valence-electron chi connectivity index (χ4n) is 2.23. The van der Waals surface area contributed by atoms with E-state index in [0.29, 0.717) is 11.3 Å². The van der Waals surface area contributed by atoms with Crippen molar-refractivity contribution in [1.29, 1.82) is 0 Å². The van der Waals surface area contributed by atoms with Gasteiger partial charge in [0, 0.05) is 5.38 Å². The number of carboxylic acids is 1. The standard InChI is InChI=1S/C12H15N5O9S2/c1-6-10(11(21)17(6)26-5-28(22,23)24)16(7-4-27-12(13)15-7)8(18)2-14-25-3-9(19)20/h2,4,6,10H,3,5H2,1H3,(H2,13,15)(H,19,20)(H,22,23,24)/t6-,10+/m1/s1. The lowest BCUT2D eigenvalue weighted by Gasteiger charge is -2.47. The number of amides is 2. The highest BCUT2D eigenvalue weighted by atomic mass is 32.2. The number of nitrogens with two attached hydrogens (primary N) is 1. The number of aromatic nitrogens is 1. The number of carboxylic acid groups (broad SMARTS) is 1. The Labute approximate surface area is 161 Å². The zero-order valence-corrected chi connectivity index (χ0v) is 15.8. The number of hydrogen-bond acceptors (Lipinski definition) is 11. The molecule has 0 unspecified atom stereocenters. The Morgan fingerprint density at radius 3 is 2.71 bits per heavy atom. The molecule has 0 aliphatic carbocycles. The summed E-state index contributed by atoms with van der Waals surface area (Å²) in [6.45, 7) is 0.688. The van der Waals surface area contributed by atoms with Gasteiger partial charge in [0.25, 0.3) is 21.9 Å². The molecule has 0 spiro atoms. The fourth-order valence-corrected chi connectivity index (χ4v) is 3.02. The van der Waals surface area contributed by atoms with Crippen molar-refractivity contribution in [2.24, 2.45) is 5.16 Å². The van der Waals surface area contributed by atoms with E-state index in [1.54, 1.807) is 0 Å². The van der Waals surface area contributed by atoms with Crippen LogP contribution in [0, 0.1) is 0 Å². The van der Waals surface area contributed by atoms with E-state index >= 15 is 0 Å². The summed E-state index contributed by atoms with van der Waals surface area (Å²) in [5.74, 6) is -4.07. The van der Waals surface area contributed by atoms with Gasteiger partial charge < -0.3 is 15.7 Å². The second-order valence-corrected chi connectivity index (χ2v) is 7.62. The summed E-state index contributed by atoms with van der Waals surface area (Å²) in [7, 11) is -4.48. The lowest BCUT2D eigenvalue weighted by Crippen LogP contribution is -2.70. The Bertz CT molecular complexity index is 899. The highest BCUT2D eigenvalue weighted by molar-refractivity contribution is 7.85. The maximum absolute atomic E-state index is 12.5. The van der Waals surface area contributed by atoms with Crippen LogP contribution < -0.4 is 10.6 Å². The molecule has 4 N–H and O–H groups in total. The first kappa shape index (κ1) is 21.5. The zero-order chi connectivity index (χ0) is 21.1. The molecule has 2 heterocycles. The maximum atomic E-state index is 12.5.